The number of hydrogen-bond donors (Lipinski definition) is 0. The lowest BCUT2D eigenvalue weighted by Crippen LogP contribution is -2.16. The topological polar surface area (TPSA) is 66.2 Å². The van der Waals surface area contributed by atoms with Gasteiger partial charge in [0.2, 0.25) is 0 Å². The van der Waals surface area contributed by atoms with E-state index in [1.807, 2.05) is 6.92 Å². The first kappa shape index (κ1) is 19.2. The zero-order chi connectivity index (χ0) is 19.4. The molecule has 2 aromatic carbocycles. The number of carbonyl (C=O) groups is 1. The largest absolute Gasteiger partial charge is 0.497 e. The van der Waals surface area contributed by atoms with E-state index in [0.717, 1.165) is 6.42 Å². The van der Waals surface area contributed by atoms with Gasteiger partial charge in [-0.05, 0) is 48.9 Å². The van der Waals surface area contributed by atoms with Crippen LogP contribution >= 0.6 is 23.2 Å². The van der Waals surface area contributed by atoms with Crippen LogP contribution in [0.15, 0.2) is 42.5 Å². The van der Waals surface area contributed by atoms with Crippen molar-refractivity contribution in [2.45, 2.75) is 13.3 Å². The molecule has 0 aliphatic heterocycles. The monoisotopic (exact) mass is 405 g/mol. The highest BCUT2D eigenvalue weighted by Gasteiger charge is 2.22. The Morgan fingerprint density at radius 3 is 2.52 bits per heavy atom. The zero-order valence-corrected chi connectivity index (χ0v) is 16.3. The van der Waals surface area contributed by atoms with E-state index in [1.165, 1.54) is 10.7 Å². The van der Waals surface area contributed by atoms with Gasteiger partial charge in [-0.25, -0.2) is 0 Å². The van der Waals surface area contributed by atoms with Gasteiger partial charge in [0.25, 0.3) is 5.91 Å². The third kappa shape index (κ3) is 4.23. The van der Waals surface area contributed by atoms with Gasteiger partial charge in [0.1, 0.15) is 5.75 Å². The third-order valence-electron chi connectivity index (χ3n) is 3.73. The summed E-state index contributed by atoms with van der Waals surface area (Å²) >= 11 is 12.1. The number of benzene rings is 2. The average Bonchev–Trinajstić information content (AvgIpc) is 3.10. The highest BCUT2D eigenvalue weighted by Crippen LogP contribution is 2.26. The van der Waals surface area contributed by atoms with Crippen molar-refractivity contribution in [2.24, 2.45) is 0 Å². The van der Waals surface area contributed by atoms with E-state index in [9.17, 15) is 4.79 Å². The van der Waals surface area contributed by atoms with Gasteiger partial charge in [-0.3, -0.25) is 4.79 Å². The molecule has 1 heterocycles. The number of rotatable bonds is 6. The zero-order valence-electron chi connectivity index (χ0n) is 14.8. The molecule has 0 radical (unpaired) electrons. The second-order valence-corrected chi connectivity index (χ2v) is 6.48. The number of methoxy groups -OCH3 is 1. The molecule has 3 aromatic rings. The Hall–Kier alpha value is -2.57. The highest BCUT2D eigenvalue weighted by atomic mass is 35.5. The van der Waals surface area contributed by atoms with Gasteiger partial charge < -0.3 is 9.47 Å². The van der Waals surface area contributed by atoms with E-state index < -0.39 is 5.91 Å². The second-order valence-electron chi connectivity index (χ2n) is 5.64. The number of carbonyl (C=O) groups excluding carboxylic acids is 1. The molecule has 0 bridgehead atoms. The quantitative estimate of drug-likeness (QED) is 0.592. The summed E-state index contributed by atoms with van der Waals surface area (Å²) in [6.07, 6.45) is 0.795. The average molecular weight is 406 g/mol. The van der Waals surface area contributed by atoms with E-state index in [0.29, 0.717) is 28.8 Å². The maximum Gasteiger partial charge on any atom is 0.336 e. The standard InChI is InChI=1S/C19H17Cl2N3O3/c1-3-10-27-19-22-17(12-4-7-14(26-2)8-5-12)24(23-19)18(25)15-9-6-13(20)11-16(15)21/h4-9,11H,3,10H2,1-2H3. The van der Waals surface area contributed by atoms with E-state index in [-0.39, 0.29) is 16.6 Å². The van der Waals surface area contributed by atoms with Crippen LogP contribution in [-0.2, 0) is 0 Å². The highest BCUT2D eigenvalue weighted by molar-refractivity contribution is 6.36. The molecule has 27 heavy (non-hydrogen) atoms. The first-order chi connectivity index (χ1) is 13.0. The Morgan fingerprint density at radius 1 is 1.15 bits per heavy atom. The molecule has 0 fully saturated rings. The van der Waals surface area contributed by atoms with E-state index in [2.05, 4.69) is 10.1 Å². The molecule has 0 saturated heterocycles. The fourth-order valence-corrected chi connectivity index (χ4v) is 2.88. The Kier molecular flexibility index (Phi) is 5.98. The summed E-state index contributed by atoms with van der Waals surface area (Å²) in [5, 5.41) is 4.90. The molecular formula is C19H17Cl2N3O3. The lowest BCUT2D eigenvalue weighted by Gasteiger charge is -2.07. The molecule has 0 spiro atoms. The number of aromatic nitrogens is 3. The summed E-state index contributed by atoms with van der Waals surface area (Å²) < 4.78 is 11.9. The van der Waals surface area contributed by atoms with Crippen molar-refractivity contribution in [3.63, 3.8) is 0 Å². The van der Waals surface area contributed by atoms with Gasteiger partial charge in [-0.15, -0.1) is 5.10 Å². The lowest BCUT2D eigenvalue weighted by molar-refractivity contribution is 0.0945. The van der Waals surface area contributed by atoms with E-state index in [4.69, 9.17) is 32.7 Å². The normalized spacial score (nSPS) is 10.7. The predicted molar refractivity (Wildman–Crippen MR) is 104 cm³/mol. The van der Waals surface area contributed by atoms with Gasteiger partial charge in [-0.2, -0.15) is 9.67 Å². The minimum absolute atomic E-state index is 0.126. The van der Waals surface area contributed by atoms with Gasteiger partial charge in [0.05, 0.1) is 24.3 Å². The Balaban J connectivity index is 2.06. The smallest absolute Gasteiger partial charge is 0.336 e. The van der Waals surface area contributed by atoms with Crippen LogP contribution in [0.3, 0.4) is 0 Å². The van der Waals surface area contributed by atoms with Gasteiger partial charge in [-0.1, -0.05) is 30.1 Å². The molecule has 140 valence electrons. The maximum absolute atomic E-state index is 13.0. The van der Waals surface area contributed by atoms with Crippen LogP contribution in [0.5, 0.6) is 11.8 Å². The van der Waals surface area contributed by atoms with Gasteiger partial charge >= 0.3 is 6.01 Å². The fourth-order valence-electron chi connectivity index (χ4n) is 2.39. The maximum atomic E-state index is 13.0. The molecule has 0 amide bonds. The van der Waals surface area contributed by atoms with Crippen molar-refractivity contribution < 1.29 is 14.3 Å². The molecule has 8 heteroatoms. The number of hydrogen-bond acceptors (Lipinski definition) is 5. The second kappa shape index (κ2) is 8.41. The van der Waals surface area contributed by atoms with Crippen molar-refractivity contribution in [1.29, 1.82) is 0 Å². The SMILES string of the molecule is CCCOc1nc(-c2ccc(OC)cc2)n(C(=O)c2ccc(Cl)cc2Cl)n1. The number of nitrogens with zero attached hydrogens (tertiary/aromatic N) is 3. The first-order valence-electron chi connectivity index (χ1n) is 8.27. The molecule has 3 rings (SSSR count). The van der Waals surface area contributed by atoms with Crippen LogP contribution in [0.2, 0.25) is 10.0 Å². The first-order valence-corrected chi connectivity index (χ1v) is 9.03. The van der Waals surface area contributed by atoms with Crippen molar-refractivity contribution >= 4 is 29.1 Å². The van der Waals surface area contributed by atoms with E-state index >= 15 is 0 Å². The van der Waals surface area contributed by atoms with Crippen LogP contribution in [-0.4, -0.2) is 34.4 Å². The molecule has 0 atom stereocenters. The minimum Gasteiger partial charge on any atom is -0.497 e. The van der Waals surface area contributed by atoms with Gasteiger partial charge in [0.15, 0.2) is 5.82 Å². The van der Waals surface area contributed by atoms with Crippen molar-refractivity contribution in [3.8, 4) is 23.1 Å². The van der Waals surface area contributed by atoms with Crippen LogP contribution in [0.1, 0.15) is 23.7 Å². The molecule has 0 aliphatic rings. The third-order valence-corrected chi connectivity index (χ3v) is 4.27. The Bertz CT molecular complexity index is 955. The Labute approximate surface area is 166 Å². The minimum atomic E-state index is -0.429. The van der Waals surface area contributed by atoms with E-state index in [1.54, 1.807) is 43.5 Å². The number of halogens is 2. The molecule has 0 aliphatic carbocycles. The number of ether oxygens (including phenoxy) is 2. The van der Waals surface area contributed by atoms with Crippen LogP contribution in [0.25, 0.3) is 11.4 Å². The summed E-state index contributed by atoms with van der Waals surface area (Å²) in [6.45, 7) is 2.42. The van der Waals surface area contributed by atoms with Gasteiger partial charge in [0, 0.05) is 10.6 Å². The molecule has 1 aromatic heterocycles. The van der Waals surface area contributed by atoms with Crippen LogP contribution in [0.4, 0.5) is 0 Å². The van der Waals surface area contributed by atoms with Crippen molar-refractivity contribution in [1.82, 2.24) is 14.8 Å². The molecular weight excluding hydrogens is 389 g/mol. The molecule has 0 saturated carbocycles. The Morgan fingerprint density at radius 2 is 1.89 bits per heavy atom. The van der Waals surface area contributed by atoms with Crippen molar-refractivity contribution in [2.75, 3.05) is 13.7 Å². The summed E-state index contributed by atoms with van der Waals surface area (Å²) in [4.78, 5) is 17.4. The molecule has 0 unspecified atom stereocenters. The summed E-state index contributed by atoms with van der Waals surface area (Å²) in [6, 6.07) is 11.9. The summed E-state index contributed by atoms with van der Waals surface area (Å²) in [7, 11) is 1.58. The summed E-state index contributed by atoms with van der Waals surface area (Å²) in [5.74, 6) is 0.612. The predicted octanol–water partition coefficient (Wildman–Crippen LogP) is 4.74. The van der Waals surface area contributed by atoms with Crippen LogP contribution in [0, 0.1) is 0 Å². The summed E-state index contributed by atoms with van der Waals surface area (Å²) in [5.41, 5.74) is 0.954. The fraction of sp³-hybridized carbons (Fsp3) is 0.211. The lowest BCUT2D eigenvalue weighted by atomic mass is 10.2. The molecule has 6 nitrogen and oxygen atoms in total. The van der Waals surface area contributed by atoms with Crippen molar-refractivity contribution in [3.05, 3.63) is 58.1 Å². The molecule has 0 N–H and O–H groups in total. The van der Waals surface area contributed by atoms with Crippen LogP contribution < -0.4 is 9.47 Å².